The molecule has 0 aliphatic carbocycles. The smallest absolute Gasteiger partial charge is 0.359 e. The summed E-state index contributed by atoms with van der Waals surface area (Å²) in [6.45, 7) is -0.485. The van der Waals surface area contributed by atoms with Crippen molar-refractivity contribution >= 4 is 28.3 Å². The van der Waals surface area contributed by atoms with Gasteiger partial charge in [-0.05, 0) is 17.7 Å². The number of benzene rings is 3. The Labute approximate surface area is 177 Å². The fourth-order valence-corrected chi connectivity index (χ4v) is 3.30. The number of fused-ring (bicyclic) bond motifs is 1. The van der Waals surface area contributed by atoms with Crippen LogP contribution in [0.15, 0.2) is 83.7 Å². The molecule has 0 fully saturated rings. The lowest BCUT2D eigenvalue weighted by Gasteiger charge is -2.12. The van der Waals surface area contributed by atoms with Crippen LogP contribution < -0.4 is 10.9 Å². The normalized spacial score (nSPS) is 10.6. The van der Waals surface area contributed by atoms with Crippen LogP contribution in [0.3, 0.4) is 0 Å². The summed E-state index contributed by atoms with van der Waals surface area (Å²) in [6.07, 6.45) is 0. The molecule has 3 aromatic carbocycles. The quantitative estimate of drug-likeness (QED) is 0.507. The average Bonchev–Trinajstić information content (AvgIpc) is 2.81. The number of carbonyl (C=O) groups excluding carboxylic acids is 2. The number of nitrogens with one attached hydrogen (secondary N) is 1. The number of anilines is 1. The summed E-state index contributed by atoms with van der Waals surface area (Å²) < 4.78 is 6.26. The van der Waals surface area contributed by atoms with E-state index in [0.717, 1.165) is 15.8 Å². The molecule has 1 aromatic heterocycles. The van der Waals surface area contributed by atoms with E-state index >= 15 is 0 Å². The molecule has 1 heterocycles. The second kappa shape index (κ2) is 8.62. The molecule has 1 amide bonds. The monoisotopic (exact) mass is 413 g/mol. The second-order valence-corrected chi connectivity index (χ2v) is 6.86. The summed E-state index contributed by atoms with van der Waals surface area (Å²) in [5.41, 5.74) is 2.09. The van der Waals surface area contributed by atoms with E-state index in [2.05, 4.69) is 10.4 Å². The highest BCUT2D eigenvalue weighted by Crippen LogP contribution is 2.27. The van der Waals surface area contributed by atoms with Crippen LogP contribution >= 0.6 is 0 Å². The Morgan fingerprint density at radius 2 is 1.55 bits per heavy atom. The maximum absolute atomic E-state index is 12.6. The average molecular weight is 413 g/mol. The minimum absolute atomic E-state index is 0.0183. The first-order valence-electron chi connectivity index (χ1n) is 9.62. The number of hydrogen-bond acceptors (Lipinski definition) is 5. The molecule has 7 nitrogen and oxygen atoms in total. The highest BCUT2D eigenvalue weighted by atomic mass is 16.5. The molecular formula is C24H19N3O4. The van der Waals surface area contributed by atoms with Gasteiger partial charge in [-0.2, -0.15) is 5.10 Å². The predicted octanol–water partition coefficient (Wildman–Crippen LogP) is 3.40. The lowest BCUT2D eigenvalue weighted by atomic mass is 10.0. The highest BCUT2D eigenvalue weighted by Gasteiger charge is 2.18. The van der Waals surface area contributed by atoms with Crippen molar-refractivity contribution in [1.82, 2.24) is 9.78 Å². The van der Waals surface area contributed by atoms with Gasteiger partial charge in [-0.3, -0.25) is 9.59 Å². The van der Waals surface area contributed by atoms with Gasteiger partial charge in [0.25, 0.3) is 11.5 Å². The summed E-state index contributed by atoms with van der Waals surface area (Å²) >= 11 is 0. The first-order valence-corrected chi connectivity index (χ1v) is 9.62. The number of nitrogens with zero attached hydrogens (tertiary/aromatic N) is 2. The molecule has 154 valence electrons. The topological polar surface area (TPSA) is 90.3 Å². The van der Waals surface area contributed by atoms with E-state index in [0.29, 0.717) is 16.5 Å². The van der Waals surface area contributed by atoms with E-state index in [4.69, 9.17) is 4.74 Å². The van der Waals surface area contributed by atoms with Gasteiger partial charge in [0.2, 0.25) is 0 Å². The molecule has 31 heavy (non-hydrogen) atoms. The van der Waals surface area contributed by atoms with Gasteiger partial charge in [-0.25, -0.2) is 9.48 Å². The Bertz CT molecular complexity index is 1330. The zero-order chi connectivity index (χ0) is 21.8. The maximum Gasteiger partial charge on any atom is 0.359 e. The molecule has 1 N–H and O–H groups in total. The minimum Gasteiger partial charge on any atom is -0.451 e. The molecule has 0 atom stereocenters. The van der Waals surface area contributed by atoms with Crippen molar-refractivity contribution in [2.24, 2.45) is 7.05 Å². The molecule has 0 saturated carbocycles. The minimum atomic E-state index is -0.779. The van der Waals surface area contributed by atoms with Crippen molar-refractivity contribution in [3.63, 3.8) is 0 Å². The van der Waals surface area contributed by atoms with E-state index < -0.39 is 18.5 Å². The number of aromatic nitrogens is 2. The molecule has 0 aliphatic rings. The number of esters is 1. The second-order valence-electron chi connectivity index (χ2n) is 6.86. The third-order valence-electron chi connectivity index (χ3n) is 4.77. The van der Waals surface area contributed by atoms with Gasteiger partial charge in [-0.15, -0.1) is 0 Å². The van der Waals surface area contributed by atoms with Crippen molar-refractivity contribution < 1.29 is 14.3 Å². The van der Waals surface area contributed by atoms with Crippen LogP contribution in [0.5, 0.6) is 0 Å². The molecule has 0 saturated heterocycles. The van der Waals surface area contributed by atoms with Crippen LogP contribution in [0.1, 0.15) is 10.5 Å². The number of aryl methyl sites for hydroxylation is 1. The van der Waals surface area contributed by atoms with E-state index in [1.807, 2.05) is 48.5 Å². The Kier molecular flexibility index (Phi) is 5.57. The Morgan fingerprint density at radius 1 is 0.903 bits per heavy atom. The number of carbonyl (C=O) groups is 2. The maximum atomic E-state index is 12.6. The van der Waals surface area contributed by atoms with Crippen LogP contribution in [0.4, 0.5) is 5.69 Å². The van der Waals surface area contributed by atoms with Gasteiger partial charge in [0.05, 0.1) is 5.39 Å². The number of ether oxygens (including phenoxy) is 1. The van der Waals surface area contributed by atoms with Gasteiger partial charge in [0.15, 0.2) is 12.3 Å². The Balaban J connectivity index is 1.50. The molecule has 0 unspecified atom stereocenters. The predicted molar refractivity (Wildman–Crippen MR) is 118 cm³/mol. The van der Waals surface area contributed by atoms with Crippen molar-refractivity contribution in [3.05, 3.63) is 94.9 Å². The molecule has 0 bridgehead atoms. The van der Waals surface area contributed by atoms with Gasteiger partial charge < -0.3 is 10.1 Å². The third kappa shape index (κ3) is 4.20. The number of rotatable bonds is 5. The van der Waals surface area contributed by atoms with E-state index in [9.17, 15) is 14.4 Å². The van der Waals surface area contributed by atoms with Gasteiger partial charge in [0.1, 0.15) is 0 Å². The van der Waals surface area contributed by atoms with Crippen molar-refractivity contribution in [2.45, 2.75) is 0 Å². The van der Waals surface area contributed by atoms with E-state index in [1.165, 1.54) is 7.05 Å². The summed E-state index contributed by atoms with van der Waals surface area (Å²) in [5, 5.41) is 7.53. The largest absolute Gasteiger partial charge is 0.451 e. The molecule has 7 heteroatoms. The van der Waals surface area contributed by atoms with Gasteiger partial charge in [0, 0.05) is 23.7 Å². The fourth-order valence-electron chi connectivity index (χ4n) is 3.30. The fraction of sp³-hybridized carbons (Fsp3) is 0.0833. The standard InChI is InChI=1S/C24H19N3O4/c1-27-23(29)19-13-6-5-12-18(19)22(26-27)24(30)31-15-21(28)25-20-14-8-7-11-17(20)16-9-3-2-4-10-16/h2-14H,15H2,1H3,(H,25,28). The number of hydrogen-bond donors (Lipinski definition) is 1. The Morgan fingerprint density at radius 3 is 2.32 bits per heavy atom. The summed E-state index contributed by atoms with van der Waals surface area (Å²) in [6, 6.07) is 23.7. The molecule has 0 aliphatic heterocycles. The van der Waals surface area contributed by atoms with Crippen LogP contribution in [0.25, 0.3) is 21.9 Å². The van der Waals surface area contributed by atoms with E-state index in [1.54, 1.807) is 30.3 Å². The number of amides is 1. The van der Waals surface area contributed by atoms with Crippen LogP contribution in [0.2, 0.25) is 0 Å². The molecule has 4 rings (SSSR count). The van der Waals surface area contributed by atoms with Crippen LogP contribution in [-0.2, 0) is 16.6 Å². The zero-order valence-electron chi connectivity index (χ0n) is 16.7. The lowest BCUT2D eigenvalue weighted by molar-refractivity contribution is -0.119. The highest BCUT2D eigenvalue weighted by molar-refractivity contribution is 6.03. The van der Waals surface area contributed by atoms with E-state index in [-0.39, 0.29) is 11.3 Å². The first-order chi connectivity index (χ1) is 15.0. The number of para-hydroxylation sites is 1. The SMILES string of the molecule is Cn1nc(C(=O)OCC(=O)Nc2ccccc2-c2ccccc2)c2ccccc2c1=O. The van der Waals surface area contributed by atoms with Crippen LogP contribution in [0, 0.1) is 0 Å². The van der Waals surface area contributed by atoms with Crippen molar-refractivity contribution in [2.75, 3.05) is 11.9 Å². The van der Waals surface area contributed by atoms with Crippen molar-refractivity contribution in [3.8, 4) is 11.1 Å². The molecule has 4 aromatic rings. The third-order valence-corrected chi connectivity index (χ3v) is 4.77. The molecule has 0 spiro atoms. The molecule has 0 radical (unpaired) electrons. The van der Waals surface area contributed by atoms with Gasteiger partial charge in [-0.1, -0.05) is 66.7 Å². The van der Waals surface area contributed by atoms with Crippen LogP contribution in [-0.4, -0.2) is 28.3 Å². The Hall–Kier alpha value is -4.26. The van der Waals surface area contributed by atoms with Gasteiger partial charge >= 0.3 is 5.97 Å². The molecular weight excluding hydrogens is 394 g/mol. The summed E-state index contributed by atoms with van der Waals surface area (Å²) in [5.74, 6) is -1.26. The first kappa shape index (κ1) is 20.0. The zero-order valence-corrected chi connectivity index (χ0v) is 16.7. The van der Waals surface area contributed by atoms with Crippen molar-refractivity contribution in [1.29, 1.82) is 0 Å². The summed E-state index contributed by atoms with van der Waals surface area (Å²) in [7, 11) is 1.46. The lowest BCUT2D eigenvalue weighted by Crippen LogP contribution is -2.26. The summed E-state index contributed by atoms with van der Waals surface area (Å²) in [4.78, 5) is 37.2.